The number of hydrogen-bond acceptors (Lipinski definition) is 6. The summed E-state index contributed by atoms with van der Waals surface area (Å²) in [6.07, 6.45) is -5.50. The number of aliphatic hydroxyl groups excluding tert-OH is 4. The highest BCUT2D eigenvalue weighted by molar-refractivity contribution is 7.85. The Labute approximate surface area is 75.0 Å². The minimum absolute atomic E-state index is 0.192. The van der Waals surface area contributed by atoms with E-state index in [2.05, 4.69) is 0 Å². The van der Waals surface area contributed by atoms with Gasteiger partial charge in [0.2, 0.25) is 0 Å². The Morgan fingerprint density at radius 3 is 2.00 bits per heavy atom. The van der Waals surface area contributed by atoms with Gasteiger partial charge in [0, 0.05) is 0 Å². The van der Waals surface area contributed by atoms with Crippen molar-refractivity contribution in [2.24, 2.45) is 0 Å². The second-order valence-corrected chi connectivity index (χ2v) is 3.94. The molecule has 1 radical (unpaired) electrons. The summed E-state index contributed by atoms with van der Waals surface area (Å²) in [6.45, 7) is 0.192. The normalized spacial score (nSPS) is 19.5. The molecule has 0 aromatic rings. The fraction of sp³-hybridized carbons (Fsp3) is 0.800. The van der Waals surface area contributed by atoms with Crippen LogP contribution < -0.4 is 0 Å². The van der Waals surface area contributed by atoms with Crippen LogP contribution in [-0.2, 0) is 10.1 Å². The molecule has 3 unspecified atom stereocenters. The quantitative estimate of drug-likeness (QED) is 0.319. The van der Waals surface area contributed by atoms with Gasteiger partial charge in [-0.05, 0) is 0 Å². The lowest BCUT2D eigenvalue weighted by Gasteiger charge is -2.19. The van der Waals surface area contributed by atoms with Crippen LogP contribution in [0.4, 0.5) is 0 Å². The summed E-state index contributed by atoms with van der Waals surface area (Å²) in [5.41, 5.74) is 0. The van der Waals surface area contributed by atoms with Crippen LogP contribution in [0.15, 0.2) is 0 Å². The number of hydrogen-bond donors (Lipinski definition) is 5. The highest BCUT2D eigenvalue weighted by Gasteiger charge is 2.27. The van der Waals surface area contributed by atoms with Gasteiger partial charge in [0.1, 0.15) is 24.6 Å². The summed E-state index contributed by atoms with van der Waals surface area (Å²) in [4.78, 5) is 0. The molecular formula is C5H11O7S. The van der Waals surface area contributed by atoms with Crippen LogP contribution in [0.1, 0.15) is 0 Å². The Kier molecular flexibility index (Phi) is 4.75. The molecule has 3 atom stereocenters. The fourth-order valence-electron chi connectivity index (χ4n) is 0.630. The molecule has 8 heteroatoms. The van der Waals surface area contributed by atoms with Gasteiger partial charge in [-0.3, -0.25) is 4.55 Å². The van der Waals surface area contributed by atoms with E-state index < -0.39 is 34.2 Å². The van der Waals surface area contributed by atoms with E-state index in [1.54, 1.807) is 0 Å². The molecule has 0 bridgehead atoms. The molecule has 0 saturated heterocycles. The fourth-order valence-corrected chi connectivity index (χ4v) is 1.26. The minimum atomic E-state index is -4.43. The zero-order valence-electron chi connectivity index (χ0n) is 6.48. The van der Waals surface area contributed by atoms with Crippen molar-refractivity contribution in [1.82, 2.24) is 0 Å². The first kappa shape index (κ1) is 12.8. The van der Waals surface area contributed by atoms with E-state index in [0.717, 1.165) is 0 Å². The van der Waals surface area contributed by atoms with Gasteiger partial charge >= 0.3 is 0 Å². The highest BCUT2D eigenvalue weighted by Crippen LogP contribution is 2.04. The highest BCUT2D eigenvalue weighted by atomic mass is 32.2. The molecule has 0 saturated carbocycles. The lowest BCUT2D eigenvalue weighted by Crippen LogP contribution is -2.41. The van der Waals surface area contributed by atoms with Gasteiger partial charge in [-0.1, -0.05) is 0 Å². The molecule has 0 aliphatic carbocycles. The molecule has 0 rings (SSSR count). The molecule has 7 nitrogen and oxygen atoms in total. The Bertz CT molecular complexity index is 235. The standard InChI is InChI=1S/C5H11O7S/c6-1-3(7)5(9)4(8)2-13(10,11)12/h1,3-9H,2H2,(H,10,11,12). The van der Waals surface area contributed by atoms with Crippen LogP contribution in [0, 0.1) is 6.61 Å². The molecule has 0 aliphatic rings. The lowest BCUT2D eigenvalue weighted by atomic mass is 10.1. The van der Waals surface area contributed by atoms with E-state index >= 15 is 0 Å². The van der Waals surface area contributed by atoms with Gasteiger partial charge in [-0.2, -0.15) is 8.42 Å². The van der Waals surface area contributed by atoms with Crippen molar-refractivity contribution in [3.05, 3.63) is 6.61 Å². The maximum atomic E-state index is 10.2. The third-order valence-corrected chi connectivity index (χ3v) is 2.04. The monoisotopic (exact) mass is 215 g/mol. The summed E-state index contributed by atoms with van der Waals surface area (Å²) in [6, 6.07) is 0. The molecular weight excluding hydrogens is 204 g/mol. The van der Waals surface area contributed by atoms with Gasteiger partial charge in [-0.15, -0.1) is 0 Å². The van der Waals surface area contributed by atoms with Crippen molar-refractivity contribution < 1.29 is 33.4 Å². The van der Waals surface area contributed by atoms with E-state index in [-0.39, 0.29) is 6.61 Å². The summed E-state index contributed by atoms with van der Waals surface area (Å²) in [5, 5.41) is 34.7. The van der Waals surface area contributed by atoms with Crippen LogP contribution in [0.3, 0.4) is 0 Å². The predicted octanol–water partition coefficient (Wildman–Crippen LogP) is -2.51. The summed E-state index contributed by atoms with van der Waals surface area (Å²) in [5.74, 6) is -1.11. The molecule has 5 N–H and O–H groups in total. The smallest absolute Gasteiger partial charge is 0.267 e. The molecule has 79 valence electrons. The van der Waals surface area contributed by atoms with Crippen molar-refractivity contribution in [3.63, 3.8) is 0 Å². The molecule has 0 aromatic heterocycles. The third-order valence-electron chi connectivity index (χ3n) is 1.28. The number of rotatable bonds is 5. The van der Waals surface area contributed by atoms with Crippen LogP contribution in [0.25, 0.3) is 0 Å². The maximum Gasteiger partial charge on any atom is 0.267 e. The van der Waals surface area contributed by atoms with Gasteiger partial charge in [0.15, 0.2) is 0 Å². The van der Waals surface area contributed by atoms with Gasteiger partial charge < -0.3 is 20.4 Å². The molecule has 0 aliphatic heterocycles. The predicted molar refractivity (Wildman–Crippen MR) is 40.7 cm³/mol. The summed E-state index contributed by atoms with van der Waals surface area (Å²) >= 11 is 0. The summed E-state index contributed by atoms with van der Waals surface area (Å²) in [7, 11) is -4.43. The van der Waals surface area contributed by atoms with E-state index in [4.69, 9.17) is 25.0 Å². The van der Waals surface area contributed by atoms with Crippen molar-refractivity contribution >= 4 is 10.1 Å². The second-order valence-electron chi connectivity index (χ2n) is 2.45. The van der Waals surface area contributed by atoms with Gasteiger partial charge in [0.25, 0.3) is 10.1 Å². The molecule has 13 heavy (non-hydrogen) atoms. The molecule has 0 fully saturated rings. The minimum Gasteiger partial charge on any atom is -0.389 e. The van der Waals surface area contributed by atoms with Crippen molar-refractivity contribution in [1.29, 1.82) is 0 Å². The first-order valence-corrected chi connectivity index (χ1v) is 4.85. The van der Waals surface area contributed by atoms with Crippen molar-refractivity contribution in [3.8, 4) is 0 Å². The topological polar surface area (TPSA) is 135 Å². The van der Waals surface area contributed by atoms with Crippen LogP contribution in [0.5, 0.6) is 0 Å². The zero-order chi connectivity index (χ0) is 10.6. The first-order chi connectivity index (χ1) is 5.78. The summed E-state index contributed by atoms with van der Waals surface area (Å²) < 4.78 is 28.6. The molecule has 0 amide bonds. The lowest BCUT2D eigenvalue weighted by molar-refractivity contribution is -0.0519. The van der Waals surface area contributed by atoms with E-state index in [9.17, 15) is 8.42 Å². The second kappa shape index (κ2) is 4.84. The van der Waals surface area contributed by atoms with Crippen LogP contribution in [0.2, 0.25) is 0 Å². The van der Waals surface area contributed by atoms with Gasteiger partial charge in [0.05, 0.1) is 6.10 Å². The first-order valence-electron chi connectivity index (χ1n) is 3.25. The SMILES string of the molecule is O=S(=O)(O)CC(O)C(O)C(O)[CH]O. The van der Waals surface area contributed by atoms with E-state index in [1.165, 1.54) is 0 Å². The Morgan fingerprint density at radius 2 is 1.69 bits per heavy atom. The molecule has 0 spiro atoms. The number of aliphatic hydroxyl groups is 4. The largest absolute Gasteiger partial charge is 0.389 e. The average molecular weight is 215 g/mol. The Hall–Kier alpha value is -0.250. The Morgan fingerprint density at radius 1 is 1.23 bits per heavy atom. The van der Waals surface area contributed by atoms with E-state index in [1.807, 2.05) is 0 Å². The Balaban J connectivity index is 4.19. The average Bonchev–Trinajstić information content (AvgIpc) is 1.98. The van der Waals surface area contributed by atoms with Gasteiger partial charge in [-0.25, -0.2) is 0 Å². The molecule has 0 aromatic carbocycles. The van der Waals surface area contributed by atoms with E-state index in [0.29, 0.717) is 0 Å². The zero-order valence-corrected chi connectivity index (χ0v) is 7.29. The van der Waals surface area contributed by atoms with Crippen molar-refractivity contribution in [2.45, 2.75) is 18.3 Å². The van der Waals surface area contributed by atoms with Crippen LogP contribution in [-0.4, -0.2) is 57.5 Å². The van der Waals surface area contributed by atoms with Crippen molar-refractivity contribution in [2.75, 3.05) is 5.75 Å². The third kappa shape index (κ3) is 5.13. The molecule has 0 heterocycles. The van der Waals surface area contributed by atoms with Crippen LogP contribution >= 0.6 is 0 Å². The maximum absolute atomic E-state index is 10.2.